The molecule has 1 fully saturated rings. The lowest BCUT2D eigenvalue weighted by Gasteiger charge is -2.26. The molecule has 1 aromatic rings. The molecule has 3 nitrogen and oxygen atoms in total. The van der Waals surface area contributed by atoms with Crippen LogP contribution < -0.4 is 10.6 Å². The SMILES string of the molecule is Clc1cncc(Cl)c1[C@H]1CNCCN1. The summed E-state index contributed by atoms with van der Waals surface area (Å²) >= 11 is 12.1. The van der Waals surface area contributed by atoms with E-state index >= 15 is 0 Å². The fourth-order valence-corrected chi connectivity index (χ4v) is 2.24. The van der Waals surface area contributed by atoms with E-state index in [1.165, 1.54) is 0 Å². The van der Waals surface area contributed by atoms with E-state index in [2.05, 4.69) is 15.6 Å². The van der Waals surface area contributed by atoms with E-state index in [-0.39, 0.29) is 6.04 Å². The number of rotatable bonds is 1. The molecular weight excluding hydrogens is 221 g/mol. The smallest absolute Gasteiger partial charge is 0.0652 e. The Morgan fingerprint density at radius 3 is 2.50 bits per heavy atom. The number of hydrogen-bond donors (Lipinski definition) is 2. The Morgan fingerprint density at radius 2 is 1.93 bits per heavy atom. The second-order valence-corrected chi connectivity index (χ2v) is 4.04. The molecule has 0 spiro atoms. The number of hydrogen-bond acceptors (Lipinski definition) is 3. The number of aromatic nitrogens is 1. The fraction of sp³-hybridized carbons (Fsp3) is 0.444. The topological polar surface area (TPSA) is 37.0 Å². The summed E-state index contributed by atoms with van der Waals surface area (Å²) in [5.41, 5.74) is 0.940. The molecule has 0 aliphatic carbocycles. The third-order valence-corrected chi connectivity index (χ3v) is 2.88. The maximum absolute atomic E-state index is 6.05. The molecule has 0 saturated carbocycles. The lowest BCUT2D eigenvalue weighted by atomic mass is 10.1. The Labute approximate surface area is 92.8 Å². The van der Waals surface area contributed by atoms with Gasteiger partial charge in [0, 0.05) is 43.6 Å². The van der Waals surface area contributed by atoms with Crippen molar-refractivity contribution in [1.82, 2.24) is 15.6 Å². The normalized spacial score (nSPS) is 22.3. The maximum Gasteiger partial charge on any atom is 0.0652 e. The van der Waals surface area contributed by atoms with Crippen molar-refractivity contribution in [3.8, 4) is 0 Å². The first-order valence-corrected chi connectivity index (χ1v) is 5.27. The van der Waals surface area contributed by atoms with Crippen LogP contribution in [-0.2, 0) is 0 Å². The summed E-state index contributed by atoms with van der Waals surface area (Å²) < 4.78 is 0. The van der Waals surface area contributed by atoms with E-state index in [0.29, 0.717) is 10.0 Å². The average molecular weight is 232 g/mol. The minimum atomic E-state index is 0.187. The lowest BCUT2D eigenvalue weighted by molar-refractivity contribution is 0.430. The first-order chi connectivity index (χ1) is 6.79. The third kappa shape index (κ3) is 2.01. The van der Waals surface area contributed by atoms with Crippen LogP contribution >= 0.6 is 23.2 Å². The number of halogens is 2. The van der Waals surface area contributed by atoms with Gasteiger partial charge in [0.2, 0.25) is 0 Å². The van der Waals surface area contributed by atoms with Crippen molar-refractivity contribution in [2.75, 3.05) is 19.6 Å². The minimum Gasteiger partial charge on any atom is -0.314 e. The van der Waals surface area contributed by atoms with Crippen molar-refractivity contribution in [1.29, 1.82) is 0 Å². The van der Waals surface area contributed by atoms with Gasteiger partial charge in [-0.25, -0.2) is 0 Å². The van der Waals surface area contributed by atoms with Crippen LogP contribution in [0.4, 0.5) is 0 Å². The number of nitrogens with one attached hydrogen (secondary N) is 2. The maximum atomic E-state index is 6.05. The van der Waals surface area contributed by atoms with Crippen LogP contribution in [0.5, 0.6) is 0 Å². The predicted molar refractivity (Wildman–Crippen MR) is 57.9 cm³/mol. The van der Waals surface area contributed by atoms with Crippen molar-refractivity contribution in [2.45, 2.75) is 6.04 Å². The Morgan fingerprint density at radius 1 is 1.21 bits per heavy atom. The summed E-state index contributed by atoms with van der Waals surface area (Å²) in [5, 5.41) is 7.89. The molecule has 1 saturated heterocycles. The van der Waals surface area contributed by atoms with Crippen LogP contribution in [0, 0.1) is 0 Å². The highest BCUT2D eigenvalue weighted by Gasteiger charge is 2.19. The molecule has 0 bridgehead atoms. The van der Waals surface area contributed by atoms with Crippen LogP contribution in [0.1, 0.15) is 11.6 Å². The zero-order valence-corrected chi connectivity index (χ0v) is 9.07. The van der Waals surface area contributed by atoms with Gasteiger partial charge >= 0.3 is 0 Å². The predicted octanol–water partition coefficient (Wildman–Crippen LogP) is 1.62. The van der Waals surface area contributed by atoms with Gasteiger partial charge in [-0.2, -0.15) is 0 Å². The summed E-state index contributed by atoms with van der Waals surface area (Å²) in [6, 6.07) is 0.187. The highest BCUT2D eigenvalue weighted by Crippen LogP contribution is 2.29. The number of piperazine rings is 1. The van der Waals surface area contributed by atoms with Crippen LogP contribution in [0.25, 0.3) is 0 Å². The molecule has 2 N–H and O–H groups in total. The first-order valence-electron chi connectivity index (χ1n) is 4.52. The molecule has 2 rings (SSSR count). The van der Waals surface area contributed by atoms with E-state index in [4.69, 9.17) is 23.2 Å². The quantitative estimate of drug-likeness (QED) is 0.772. The van der Waals surface area contributed by atoms with E-state index in [0.717, 1.165) is 25.2 Å². The van der Waals surface area contributed by atoms with Gasteiger partial charge in [-0.1, -0.05) is 23.2 Å². The molecule has 1 aliphatic heterocycles. The Balaban J connectivity index is 2.29. The number of nitrogens with zero attached hydrogens (tertiary/aromatic N) is 1. The third-order valence-electron chi connectivity index (χ3n) is 2.28. The van der Waals surface area contributed by atoms with Gasteiger partial charge in [0.1, 0.15) is 0 Å². The van der Waals surface area contributed by atoms with Gasteiger partial charge in [-0.05, 0) is 0 Å². The molecular formula is C9H11Cl2N3. The second kappa shape index (κ2) is 4.45. The summed E-state index contributed by atoms with van der Waals surface area (Å²) in [4.78, 5) is 3.93. The van der Waals surface area contributed by atoms with Crippen molar-refractivity contribution in [2.24, 2.45) is 0 Å². The molecule has 1 atom stereocenters. The van der Waals surface area contributed by atoms with Crippen molar-refractivity contribution < 1.29 is 0 Å². The largest absolute Gasteiger partial charge is 0.314 e. The summed E-state index contributed by atoms with van der Waals surface area (Å²) in [7, 11) is 0. The molecule has 76 valence electrons. The summed E-state index contributed by atoms with van der Waals surface area (Å²) in [6.07, 6.45) is 3.25. The van der Waals surface area contributed by atoms with Crippen molar-refractivity contribution in [3.05, 3.63) is 28.0 Å². The highest BCUT2D eigenvalue weighted by molar-refractivity contribution is 6.35. The molecule has 14 heavy (non-hydrogen) atoms. The lowest BCUT2D eigenvalue weighted by Crippen LogP contribution is -2.42. The van der Waals surface area contributed by atoms with Crippen LogP contribution in [0.2, 0.25) is 10.0 Å². The van der Waals surface area contributed by atoms with Gasteiger partial charge < -0.3 is 10.6 Å². The van der Waals surface area contributed by atoms with Crippen molar-refractivity contribution >= 4 is 23.2 Å². The van der Waals surface area contributed by atoms with E-state index in [1.807, 2.05) is 0 Å². The van der Waals surface area contributed by atoms with Gasteiger partial charge in [0.05, 0.1) is 10.0 Å². The number of pyridine rings is 1. The monoisotopic (exact) mass is 231 g/mol. The molecule has 0 amide bonds. The van der Waals surface area contributed by atoms with Crippen LogP contribution in [0.15, 0.2) is 12.4 Å². The molecule has 1 aromatic heterocycles. The highest BCUT2D eigenvalue weighted by atomic mass is 35.5. The van der Waals surface area contributed by atoms with Crippen LogP contribution in [-0.4, -0.2) is 24.6 Å². The fourth-order valence-electron chi connectivity index (χ4n) is 1.61. The van der Waals surface area contributed by atoms with E-state index in [9.17, 15) is 0 Å². The zero-order chi connectivity index (χ0) is 9.97. The van der Waals surface area contributed by atoms with E-state index in [1.54, 1.807) is 12.4 Å². The summed E-state index contributed by atoms with van der Waals surface area (Å²) in [6.45, 7) is 2.76. The molecule has 5 heteroatoms. The second-order valence-electron chi connectivity index (χ2n) is 3.23. The first kappa shape index (κ1) is 10.2. The Hall–Kier alpha value is -0.350. The van der Waals surface area contributed by atoms with Gasteiger partial charge in [-0.15, -0.1) is 0 Å². The standard InChI is InChI=1S/C9H11Cl2N3/c10-6-3-13-4-7(11)9(6)8-5-12-1-2-14-8/h3-4,8,12,14H,1-2,5H2/t8-/m1/s1. The Bertz CT molecular complexity index is 304. The molecule has 0 aromatic carbocycles. The molecule has 1 aliphatic rings. The molecule has 0 unspecified atom stereocenters. The van der Waals surface area contributed by atoms with Gasteiger partial charge in [0.15, 0.2) is 0 Å². The van der Waals surface area contributed by atoms with Crippen LogP contribution in [0.3, 0.4) is 0 Å². The Kier molecular flexibility index (Phi) is 3.23. The van der Waals surface area contributed by atoms with Gasteiger partial charge in [-0.3, -0.25) is 4.98 Å². The minimum absolute atomic E-state index is 0.187. The molecule has 2 heterocycles. The zero-order valence-electron chi connectivity index (χ0n) is 7.56. The summed E-state index contributed by atoms with van der Waals surface area (Å²) in [5.74, 6) is 0. The van der Waals surface area contributed by atoms with Gasteiger partial charge in [0.25, 0.3) is 0 Å². The average Bonchev–Trinajstić information content (AvgIpc) is 2.19. The molecule has 0 radical (unpaired) electrons. The van der Waals surface area contributed by atoms with E-state index < -0.39 is 0 Å². The van der Waals surface area contributed by atoms with Crippen molar-refractivity contribution in [3.63, 3.8) is 0 Å².